The van der Waals surface area contributed by atoms with Crippen molar-refractivity contribution < 1.29 is 4.79 Å². The van der Waals surface area contributed by atoms with Crippen LogP contribution in [-0.4, -0.2) is 33.8 Å². The minimum Gasteiger partial charge on any atom is -0.320 e. The summed E-state index contributed by atoms with van der Waals surface area (Å²) < 4.78 is 0. The van der Waals surface area contributed by atoms with Crippen molar-refractivity contribution in [2.24, 2.45) is 4.99 Å². The number of carbonyl (C=O) groups excluding carboxylic acids is 1. The Morgan fingerprint density at radius 1 is 1.13 bits per heavy atom. The van der Waals surface area contributed by atoms with Crippen LogP contribution in [0, 0.1) is 0 Å². The maximum atomic E-state index is 13.0. The summed E-state index contributed by atoms with van der Waals surface area (Å²) >= 11 is 1.45. The third kappa shape index (κ3) is 3.26. The fourth-order valence-electron chi connectivity index (χ4n) is 3.99. The van der Waals surface area contributed by atoms with Gasteiger partial charge in [-0.2, -0.15) is 5.10 Å². The molecule has 0 bridgehead atoms. The molecular formula is C23H18N6OS. The summed E-state index contributed by atoms with van der Waals surface area (Å²) in [5.41, 5.74) is 7.59. The normalized spacial score (nSPS) is 14.8. The van der Waals surface area contributed by atoms with E-state index in [1.165, 1.54) is 22.5 Å². The Morgan fingerprint density at radius 2 is 2.06 bits per heavy atom. The van der Waals surface area contributed by atoms with E-state index in [1.807, 2.05) is 12.1 Å². The number of hydrogen-bond acceptors (Lipinski definition) is 6. The maximum Gasteiger partial charge on any atom is 0.275 e. The molecule has 2 aliphatic rings. The number of aliphatic imine (C=N–C) groups is 1. The smallest absolute Gasteiger partial charge is 0.275 e. The molecule has 4 heterocycles. The summed E-state index contributed by atoms with van der Waals surface area (Å²) in [5.74, 6) is -0.235. The SMILES string of the molecule is O=C(Nc1cc2[nH]ncc2cc1-c1ccc2c(c1)CNC2)c1csc(C2=CCN=C2)n1. The zero-order chi connectivity index (χ0) is 20.8. The summed E-state index contributed by atoms with van der Waals surface area (Å²) in [6.45, 7) is 2.42. The highest BCUT2D eigenvalue weighted by atomic mass is 32.1. The third-order valence-corrected chi connectivity index (χ3v) is 6.50. The van der Waals surface area contributed by atoms with E-state index < -0.39 is 0 Å². The van der Waals surface area contributed by atoms with E-state index in [1.54, 1.807) is 17.8 Å². The predicted molar refractivity (Wildman–Crippen MR) is 123 cm³/mol. The molecule has 2 aromatic carbocycles. The van der Waals surface area contributed by atoms with Gasteiger partial charge in [-0.1, -0.05) is 18.2 Å². The van der Waals surface area contributed by atoms with Crippen LogP contribution in [0.3, 0.4) is 0 Å². The van der Waals surface area contributed by atoms with Gasteiger partial charge in [0.25, 0.3) is 5.91 Å². The second-order valence-electron chi connectivity index (χ2n) is 7.59. The quantitative estimate of drug-likeness (QED) is 0.460. The zero-order valence-electron chi connectivity index (χ0n) is 16.5. The summed E-state index contributed by atoms with van der Waals surface area (Å²) in [7, 11) is 0. The van der Waals surface area contributed by atoms with E-state index in [0.717, 1.165) is 51.4 Å². The number of H-pyrrole nitrogens is 1. The number of allylic oxidation sites excluding steroid dienone is 1. The van der Waals surface area contributed by atoms with Gasteiger partial charge >= 0.3 is 0 Å². The lowest BCUT2D eigenvalue weighted by molar-refractivity contribution is 0.102. The molecule has 0 saturated heterocycles. The van der Waals surface area contributed by atoms with Gasteiger partial charge in [0.05, 0.1) is 23.9 Å². The van der Waals surface area contributed by atoms with Gasteiger partial charge in [-0.15, -0.1) is 11.3 Å². The number of benzene rings is 2. The molecule has 4 aromatic rings. The Morgan fingerprint density at radius 3 is 2.97 bits per heavy atom. The second kappa shape index (κ2) is 7.26. The van der Waals surface area contributed by atoms with Gasteiger partial charge in [0.2, 0.25) is 0 Å². The highest BCUT2D eigenvalue weighted by Crippen LogP contribution is 2.34. The van der Waals surface area contributed by atoms with Crippen LogP contribution in [0.2, 0.25) is 0 Å². The highest BCUT2D eigenvalue weighted by molar-refractivity contribution is 7.11. The first-order chi connectivity index (χ1) is 15.2. The third-order valence-electron chi connectivity index (χ3n) is 5.61. The van der Waals surface area contributed by atoms with Crippen molar-refractivity contribution in [3.63, 3.8) is 0 Å². The number of fused-ring (bicyclic) bond motifs is 2. The highest BCUT2D eigenvalue weighted by Gasteiger charge is 2.18. The van der Waals surface area contributed by atoms with E-state index >= 15 is 0 Å². The molecule has 0 radical (unpaired) electrons. The Bertz CT molecular complexity index is 1400. The van der Waals surface area contributed by atoms with Crippen molar-refractivity contribution >= 4 is 45.6 Å². The van der Waals surface area contributed by atoms with Crippen molar-refractivity contribution in [3.8, 4) is 11.1 Å². The molecule has 152 valence electrons. The van der Waals surface area contributed by atoms with Crippen molar-refractivity contribution in [1.82, 2.24) is 20.5 Å². The summed E-state index contributed by atoms with van der Waals surface area (Å²) in [4.78, 5) is 21.7. The molecule has 31 heavy (non-hydrogen) atoms. The Kier molecular flexibility index (Phi) is 4.26. The van der Waals surface area contributed by atoms with Gasteiger partial charge in [-0.3, -0.25) is 14.9 Å². The van der Waals surface area contributed by atoms with Crippen LogP contribution >= 0.6 is 11.3 Å². The minimum atomic E-state index is -0.235. The number of nitrogens with zero attached hydrogens (tertiary/aromatic N) is 3. The standard InChI is InChI=1S/C23H18N6OS/c30-22(21-12-31-23(28-21)15-3-4-24-9-15)27-20-7-19-17(11-26-29-19)6-18(20)13-1-2-14-8-25-10-16(14)5-13/h1-3,5-7,9,11-12,25H,4,8,10H2,(H,26,29)(H,27,30). The van der Waals surface area contributed by atoms with E-state index in [0.29, 0.717) is 12.2 Å². The van der Waals surface area contributed by atoms with Crippen LogP contribution in [0.1, 0.15) is 26.6 Å². The van der Waals surface area contributed by atoms with Crippen molar-refractivity contribution in [3.05, 3.63) is 69.8 Å². The topological polar surface area (TPSA) is 95.1 Å². The molecule has 0 fully saturated rings. The maximum absolute atomic E-state index is 13.0. The summed E-state index contributed by atoms with van der Waals surface area (Å²) in [6, 6.07) is 10.4. The molecule has 0 aliphatic carbocycles. The average molecular weight is 427 g/mol. The number of carbonyl (C=O) groups is 1. The number of amides is 1. The van der Waals surface area contributed by atoms with Gasteiger partial charge in [0, 0.05) is 41.2 Å². The van der Waals surface area contributed by atoms with Crippen LogP contribution in [0.5, 0.6) is 0 Å². The van der Waals surface area contributed by atoms with Gasteiger partial charge in [-0.05, 0) is 34.9 Å². The molecule has 0 saturated carbocycles. The molecule has 3 N–H and O–H groups in total. The lowest BCUT2D eigenvalue weighted by Gasteiger charge is -2.12. The zero-order valence-corrected chi connectivity index (χ0v) is 17.3. The van der Waals surface area contributed by atoms with Gasteiger partial charge in [-0.25, -0.2) is 4.98 Å². The van der Waals surface area contributed by atoms with E-state index in [4.69, 9.17) is 0 Å². The molecule has 0 spiro atoms. The van der Waals surface area contributed by atoms with Gasteiger partial charge in [0.1, 0.15) is 10.7 Å². The van der Waals surface area contributed by atoms with Crippen LogP contribution in [0.4, 0.5) is 5.69 Å². The largest absolute Gasteiger partial charge is 0.320 e. The molecule has 0 atom stereocenters. The summed E-state index contributed by atoms with van der Waals surface area (Å²) in [6.07, 6.45) is 5.60. The second-order valence-corrected chi connectivity index (χ2v) is 8.45. The number of aromatic amines is 1. The van der Waals surface area contributed by atoms with E-state index in [9.17, 15) is 4.79 Å². The molecule has 2 aliphatic heterocycles. The number of thiazole rings is 1. The van der Waals surface area contributed by atoms with Crippen LogP contribution in [0.15, 0.2) is 53.0 Å². The number of anilines is 1. The molecule has 1 amide bonds. The number of hydrogen-bond donors (Lipinski definition) is 3. The molecule has 0 unspecified atom stereocenters. The van der Waals surface area contributed by atoms with Crippen LogP contribution in [-0.2, 0) is 13.1 Å². The Labute approximate surface area is 181 Å². The number of nitrogens with one attached hydrogen (secondary N) is 3. The van der Waals surface area contributed by atoms with Crippen molar-refractivity contribution in [2.75, 3.05) is 11.9 Å². The van der Waals surface area contributed by atoms with Gasteiger partial charge in [0.15, 0.2) is 0 Å². The van der Waals surface area contributed by atoms with Crippen molar-refractivity contribution in [1.29, 1.82) is 0 Å². The van der Waals surface area contributed by atoms with Crippen LogP contribution < -0.4 is 10.6 Å². The molecule has 6 rings (SSSR count). The Balaban J connectivity index is 1.37. The first-order valence-electron chi connectivity index (χ1n) is 10.0. The number of rotatable bonds is 4. The van der Waals surface area contributed by atoms with E-state index in [2.05, 4.69) is 55.1 Å². The van der Waals surface area contributed by atoms with E-state index in [-0.39, 0.29) is 5.91 Å². The fraction of sp³-hybridized carbons (Fsp3) is 0.130. The monoisotopic (exact) mass is 426 g/mol. The average Bonchev–Trinajstić information content (AvgIpc) is 3.59. The lowest BCUT2D eigenvalue weighted by atomic mass is 9.98. The van der Waals surface area contributed by atoms with Crippen molar-refractivity contribution in [2.45, 2.75) is 13.1 Å². The molecular weight excluding hydrogens is 408 g/mol. The predicted octanol–water partition coefficient (Wildman–Crippen LogP) is 4.01. The number of aromatic nitrogens is 3. The molecule has 8 heteroatoms. The summed E-state index contributed by atoms with van der Waals surface area (Å²) in [5, 5.41) is 17.2. The van der Waals surface area contributed by atoms with Gasteiger partial charge < -0.3 is 10.6 Å². The fourth-order valence-corrected chi connectivity index (χ4v) is 4.80. The first-order valence-corrected chi connectivity index (χ1v) is 10.9. The molecule has 7 nitrogen and oxygen atoms in total. The lowest BCUT2D eigenvalue weighted by Crippen LogP contribution is -2.13. The van der Waals surface area contributed by atoms with Crippen LogP contribution in [0.25, 0.3) is 27.6 Å². The molecule has 2 aromatic heterocycles. The minimum absolute atomic E-state index is 0.235. The Hall–Kier alpha value is -3.62. The first kappa shape index (κ1) is 18.2.